The molecule has 3 N–H and O–H groups in total. The van der Waals surface area contributed by atoms with Crippen LogP contribution in [-0.4, -0.2) is 5.91 Å². The zero-order chi connectivity index (χ0) is 13.0. The smallest absolute Gasteiger partial charge is 0.251 e. The first-order valence-corrected chi connectivity index (χ1v) is 5.63. The lowest BCUT2D eigenvalue weighted by Crippen LogP contribution is -2.36. The van der Waals surface area contributed by atoms with Gasteiger partial charge in [0.15, 0.2) is 0 Å². The van der Waals surface area contributed by atoms with Crippen molar-refractivity contribution in [3.63, 3.8) is 0 Å². The van der Waals surface area contributed by atoms with Gasteiger partial charge in [0, 0.05) is 0 Å². The molecule has 0 radical (unpaired) electrons. The molecule has 0 saturated carbocycles. The number of hydrazine groups is 1. The van der Waals surface area contributed by atoms with E-state index in [1.807, 2.05) is 54.0 Å². The summed E-state index contributed by atoms with van der Waals surface area (Å²) >= 11 is 0. The molecule has 0 bridgehead atoms. The molecule has 2 aromatic carbocycles. The summed E-state index contributed by atoms with van der Waals surface area (Å²) in [6, 6.07) is 15.7. The molecule has 0 aliphatic carbocycles. The van der Waals surface area contributed by atoms with Crippen molar-refractivity contribution in [2.75, 3.05) is 0 Å². The van der Waals surface area contributed by atoms with Gasteiger partial charge < -0.3 is 0 Å². The molecule has 2 aromatic rings. The molecule has 1 amide bonds. The fourth-order valence-corrected chi connectivity index (χ4v) is 1.99. The molecule has 1 unspecified atom stereocenters. The molecule has 0 fully saturated rings. The van der Waals surface area contributed by atoms with Gasteiger partial charge in [0.25, 0.3) is 5.91 Å². The van der Waals surface area contributed by atoms with E-state index in [1.165, 1.54) is 0 Å². The van der Waals surface area contributed by atoms with Crippen LogP contribution in [0, 0.1) is 17.2 Å². The third kappa shape index (κ3) is 2.31. The molecule has 1 atom stereocenters. The Morgan fingerprint density at radius 1 is 1.28 bits per heavy atom. The second-order valence-corrected chi connectivity index (χ2v) is 4.03. The summed E-state index contributed by atoms with van der Waals surface area (Å²) in [5.74, 6) is 3.85. The second kappa shape index (κ2) is 5.30. The molecule has 2 rings (SSSR count). The van der Waals surface area contributed by atoms with Crippen molar-refractivity contribution >= 4 is 16.7 Å². The van der Waals surface area contributed by atoms with Crippen LogP contribution < -0.4 is 11.3 Å². The van der Waals surface area contributed by atoms with Crippen LogP contribution in [0.3, 0.4) is 0 Å². The fourth-order valence-electron chi connectivity index (χ4n) is 1.99. The van der Waals surface area contributed by atoms with E-state index < -0.39 is 11.8 Å². The highest BCUT2D eigenvalue weighted by Gasteiger charge is 2.18. The fraction of sp³-hybridized carbons (Fsp3) is 0.143. The van der Waals surface area contributed by atoms with E-state index in [1.54, 1.807) is 0 Å². The molecule has 90 valence electrons. The van der Waals surface area contributed by atoms with Crippen molar-refractivity contribution in [2.45, 2.75) is 6.42 Å². The molecule has 0 aromatic heterocycles. The van der Waals surface area contributed by atoms with Crippen LogP contribution in [0.2, 0.25) is 0 Å². The molecular weight excluding hydrogens is 226 g/mol. The summed E-state index contributed by atoms with van der Waals surface area (Å²) < 4.78 is 0. The van der Waals surface area contributed by atoms with Gasteiger partial charge in [-0.15, -0.1) is 0 Å². The lowest BCUT2D eigenvalue weighted by molar-refractivity contribution is -0.123. The zero-order valence-electron chi connectivity index (χ0n) is 9.76. The number of fused-ring (bicyclic) bond motifs is 1. The van der Waals surface area contributed by atoms with E-state index in [4.69, 9.17) is 11.1 Å². The molecule has 0 saturated heterocycles. The van der Waals surface area contributed by atoms with E-state index in [0.29, 0.717) is 6.42 Å². The summed E-state index contributed by atoms with van der Waals surface area (Å²) in [4.78, 5) is 11.4. The van der Waals surface area contributed by atoms with Gasteiger partial charge >= 0.3 is 0 Å². The summed E-state index contributed by atoms with van der Waals surface area (Å²) in [6.07, 6.45) is 0.362. The number of carbonyl (C=O) groups is 1. The number of carbonyl (C=O) groups excluding carboxylic acids is 1. The van der Waals surface area contributed by atoms with E-state index >= 15 is 0 Å². The normalized spacial score (nSPS) is 11.8. The van der Waals surface area contributed by atoms with Gasteiger partial charge in [0.2, 0.25) is 0 Å². The second-order valence-electron chi connectivity index (χ2n) is 4.03. The Morgan fingerprint density at radius 2 is 2.00 bits per heavy atom. The van der Waals surface area contributed by atoms with Crippen molar-refractivity contribution in [1.29, 1.82) is 5.26 Å². The number of nitriles is 1. The molecule has 0 spiro atoms. The Balaban J connectivity index is 2.37. The van der Waals surface area contributed by atoms with E-state index in [9.17, 15) is 4.79 Å². The number of amides is 1. The van der Waals surface area contributed by atoms with Gasteiger partial charge in [0.1, 0.15) is 5.92 Å². The molecule has 0 aliphatic heterocycles. The van der Waals surface area contributed by atoms with Crippen LogP contribution in [0.15, 0.2) is 42.5 Å². The summed E-state index contributed by atoms with van der Waals surface area (Å²) in [7, 11) is 0. The number of benzene rings is 2. The number of nitrogens with two attached hydrogens (primary N) is 1. The highest BCUT2D eigenvalue weighted by molar-refractivity contribution is 5.87. The zero-order valence-corrected chi connectivity index (χ0v) is 9.76. The highest BCUT2D eigenvalue weighted by atomic mass is 16.2. The number of nitrogens with zero attached hydrogens (tertiary/aromatic N) is 1. The predicted molar refractivity (Wildman–Crippen MR) is 69.1 cm³/mol. The predicted octanol–water partition coefficient (Wildman–Crippen LogP) is 1.51. The first-order valence-electron chi connectivity index (χ1n) is 5.63. The molecule has 4 nitrogen and oxygen atoms in total. The van der Waals surface area contributed by atoms with E-state index in [0.717, 1.165) is 16.3 Å². The molecule has 4 heteroatoms. The number of nitrogens with one attached hydrogen (secondary N) is 1. The lowest BCUT2D eigenvalue weighted by Gasteiger charge is -2.10. The van der Waals surface area contributed by atoms with Crippen molar-refractivity contribution < 1.29 is 4.79 Å². The standard InChI is InChI=1S/C14H13N3O/c15-9-12(14(18)17-16)8-11-6-3-5-10-4-1-2-7-13(10)11/h1-7,12H,8,16H2,(H,17,18). The van der Waals surface area contributed by atoms with Gasteiger partial charge in [-0.25, -0.2) is 5.84 Å². The van der Waals surface area contributed by atoms with Crippen molar-refractivity contribution in [2.24, 2.45) is 11.8 Å². The summed E-state index contributed by atoms with van der Waals surface area (Å²) in [5.41, 5.74) is 3.00. The highest BCUT2D eigenvalue weighted by Crippen LogP contribution is 2.21. The lowest BCUT2D eigenvalue weighted by atomic mass is 9.95. The first-order chi connectivity index (χ1) is 8.76. The van der Waals surface area contributed by atoms with E-state index in [-0.39, 0.29) is 0 Å². The Kier molecular flexibility index (Phi) is 3.56. The Morgan fingerprint density at radius 3 is 2.72 bits per heavy atom. The van der Waals surface area contributed by atoms with Crippen LogP contribution in [0.1, 0.15) is 5.56 Å². The average Bonchev–Trinajstić information content (AvgIpc) is 2.44. The van der Waals surface area contributed by atoms with E-state index in [2.05, 4.69) is 0 Å². The van der Waals surface area contributed by atoms with Crippen LogP contribution >= 0.6 is 0 Å². The molecule has 0 aliphatic rings. The molecule has 18 heavy (non-hydrogen) atoms. The Bertz CT molecular complexity index is 610. The van der Waals surface area contributed by atoms with Crippen molar-refractivity contribution in [3.8, 4) is 6.07 Å². The monoisotopic (exact) mass is 239 g/mol. The molecule has 0 heterocycles. The third-order valence-electron chi connectivity index (χ3n) is 2.92. The van der Waals surface area contributed by atoms with Gasteiger partial charge in [-0.3, -0.25) is 10.2 Å². The van der Waals surface area contributed by atoms with Gasteiger partial charge in [-0.2, -0.15) is 5.26 Å². The number of hydrogen-bond donors (Lipinski definition) is 2. The van der Waals surface area contributed by atoms with Crippen molar-refractivity contribution in [1.82, 2.24) is 5.43 Å². The minimum absolute atomic E-state index is 0.362. The minimum atomic E-state index is -0.763. The quantitative estimate of drug-likeness (QED) is 0.484. The number of rotatable bonds is 3. The van der Waals surface area contributed by atoms with Crippen LogP contribution in [0.25, 0.3) is 10.8 Å². The van der Waals surface area contributed by atoms with Gasteiger partial charge in [-0.1, -0.05) is 42.5 Å². The van der Waals surface area contributed by atoms with Crippen LogP contribution in [0.4, 0.5) is 0 Å². The van der Waals surface area contributed by atoms with Crippen molar-refractivity contribution in [3.05, 3.63) is 48.0 Å². The topological polar surface area (TPSA) is 78.9 Å². The maximum Gasteiger partial charge on any atom is 0.251 e. The Hall–Kier alpha value is -2.38. The SMILES string of the molecule is N#CC(Cc1cccc2ccccc12)C(=O)NN. The largest absolute Gasteiger partial charge is 0.293 e. The molecular formula is C14H13N3O. The van der Waals surface area contributed by atoms with Gasteiger partial charge in [0.05, 0.1) is 6.07 Å². The summed E-state index contributed by atoms with van der Waals surface area (Å²) in [5, 5.41) is 11.2. The maximum atomic E-state index is 11.4. The first kappa shape index (κ1) is 12.1. The third-order valence-corrected chi connectivity index (χ3v) is 2.92. The van der Waals surface area contributed by atoms with Crippen LogP contribution in [-0.2, 0) is 11.2 Å². The number of hydrogen-bond acceptors (Lipinski definition) is 3. The van der Waals surface area contributed by atoms with Gasteiger partial charge in [-0.05, 0) is 22.8 Å². The minimum Gasteiger partial charge on any atom is -0.293 e. The Labute approximate surface area is 105 Å². The average molecular weight is 239 g/mol. The maximum absolute atomic E-state index is 11.4. The summed E-state index contributed by atoms with van der Waals surface area (Å²) in [6.45, 7) is 0. The van der Waals surface area contributed by atoms with Crippen LogP contribution in [0.5, 0.6) is 0 Å².